The predicted molar refractivity (Wildman–Crippen MR) is 95.5 cm³/mol. The van der Waals surface area contributed by atoms with Crippen molar-refractivity contribution >= 4 is 29.9 Å². The Bertz CT molecular complexity index is 416. The van der Waals surface area contributed by atoms with Crippen molar-refractivity contribution in [1.82, 2.24) is 15.6 Å². The highest BCUT2D eigenvalue weighted by molar-refractivity contribution is 14.0. The Balaban J connectivity index is 0.00000400. The molecule has 0 aliphatic rings. The van der Waals surface area contributed by atoms with E-state index in [-0.39, 0.29) is 24.0 Å². The minimum absolute atomic E-state index is 0. The standard InChI is InChI=1S/C14H24N4O2.HI/c1-4-20-13-10-12(6-8-16-13)11-18-14(15-2)17-7-5-9-19-3;/h6,8,10H,4-5,7,9,11H2,1-3H3,(H2,15,17,18);1H. The summed E-state index contributed by atoms with van der Waals surface area (Å²) in [5.74, 6) is 1.42. The van der Waals surface area contributed by atoms with Crippen LogP contribution >= 0.6 is 24.0 Å². The van der Waals surface area contributed by atoms with Gasteiger partial charge in [-0.25, -0.2) is 4.98 Å². The first-order valence-electron chi connectivity index (χ1n) is 6.81. The molecule has 0 atom stereocenters. The van der Waals surface area contributed by atoms with Crippen LogP contribution in [0.15, 0.2) is 23.3 Å². The summed E-state index contributed by atoms with van der Waals surface area (Å²) in [7, 11) is 3.45. The second-order valence-electron chi connectivity index (χ2n) is 4.13. The average Bonchev–Trinajstić information content (AvgIpc) is 2.47. The molecule has 1 aromatic heterocycles. The number of aromatic nitrogens is 1. The summed E-state index contributed by atoms with van der Waals surface area (Å²) in [5.41, 5.74) is 1.10. The first-order chi connectivity index (χ1) is 9.80. The van der Waals surface area contributed by atoms with Crippen molar-refractivity contribution in [3.8, 4) is 5.88 Å². The summed E-state index contributed by atoms with van der Waals surface area (Å²) < 4.78 is 10.4. The lowest BCUT2D eigenvalue weighted by molar-refractivity contribution is 0.195. The maximum Gasteiger partial charge on any atom is 0.213 e. The van der Waals surface area contributed by atoms with Crippen molar-refractivity contribution in [3.05, 3.63) is 23.9 Å². The van der Waals surface area contributed by atoms with E-state index in [1.54, 1.807) is 20.4 Å². The van der Waals surface area contributed by atoms with Gasteiger partial charge in [-0.15, -0.1) is 24.0 Å². The van der Waals surface area contributed by atoms with E-state index in [1.165, 1.54) is 0 Å². The highest BCUT2D eigenvalue weighted by Gasteiger charge is 2.00. The molecule has 0 saturated carbocycles. The number of nitrogens with one attached hydrogen (secondary N) is 2. The third kappa shape index (κ3) is 8.71. The monoisotopic (exact) mass is 408 g/mol. The summed E-state index contributed by atoms with van der Waals surface area (Å²) in [6.45, 7) is 4.80. The molecule has 0 unspecified atom stereocenters. The molecule has 120 valence electrons. The smallest absolute Gasteiger partial charge is 0.213 e. The van der Waals surface area contributed by atoms with Gasteiger partial charge in [0.2, 0.25) is 5.88 Å². The van der Waals surface area contributed by atoms with Gasteiger partial charge in [-0.1, -0.05) is 0 Å². The third-order valence-electron chi connectivity index (χ3n) is 2.59. The first kappa shape index (κ1) is 19.9. The highest BCUT2D eigenvalue weighted by Crippen LogP contribution is 2.08. The van der Waals surface area contributed by atoms with E-state index in [2.05, 4.69) is 20.6 Å². The van der Waals surface area contributed by atoms with Gasteiger partial charge in [0.05, 0.1) is 6.61 Å². The summed E-state index contributed by atoms with van der Waals surface area (Å²) in [6.07, 6.45) is 2.69. The lowest BCUT2D eigenvalue weighted by Gasteiger charge is -2.12. The molecular formula is C14H25IN4O2. The van der Waals surface area contributed by atoms with E-state index in [1.807, 2.05) is 19.1 Å². The normalized spacial score (nSPS) is 10.7. The molecule has 0 bridgehead atoms. The van der Waals surface area contributed by atoms with E-state index in [4.69, 9.17) is 9.47 Å². The van der Waals surface area contributed by atoms with Crippen molar-refractivity contribution in [2.45, 2.75) is 19.9 Å². The number of aliphatic imine (C=N–C) groups is 1. The molecule has 0 amide bonds. The number of hydrogen-bond acceptors (Lipinski definition) is 4. The van der Waals surface area contributed by atoms with E-state index in [0.717, 1.165) is 31.1 Å². The number of hydrogen-bond donors (Lipinski definition) is 2. The molecule has 2 N–H and O–H groups in total. The molecule has 6 nitrogen and oxygen atoms in total. The summed E-state index contributed by atoms with van der Waals surface area (Å²) in [4.78, 5) is 8.30. The molecule has 0 fully saturated rings. The average molecular weight is 408 g/mol. The molecule has 0 radical (unpaired) electrons. The van der Waals surface area contributed by atoms with Crippen LogP contribution in [0.5, 0.6) is 5.88 Å². The molecule has 21 heavy (non-hydrogen) atoms. The van der Waals surface area contributed by atoms with E-state index >= 15 is 0 Å². The Hall–Kier alpha value is -1.09. The summed E-state index contributed by atoms with van der Waals surface area (Å²) in [6, 6.07) is 3.88. The number of methoxy groups -OCH3 is 1. The highest BCUT2D eigenvalue weighted by atomic mass is 127. The van der Waals surface area contributed by atoms with Crippen LogP contribution in [-0.4, -0.2) is 44.9 Å². The van der Waals surface area contributed by atoms with Gasteiger partial charge in [-0.2, -0.15) is 0 Å². The molecule has 7 heteroatoms. The summed E-state index contributed by atoms with van der Waals surface area (Å²) in [5, 5.41) is 6.47. The van der Waals surface area contributed by atoms with E-state index < -0.39 is 0 Å². The number of guanidine groups is 1. The lowest BCUT2D eigenvalue weighted by atomic mass is 10.2. The zero-order chi connectivity index (χ0) is 14.6. The minimum atomic E-state index is 0. The maximum absolute atomic E-state index is 5.37. The van der Waals surface area contributed by atoms with Crippen LogP contribution in [0.1, 0.15) is 18.9 Å². The Labute approximate surface area is 143 Å². The van der Waals surface area contributed by atoms with Gasteiger partial charge >= 0.3 is 0 Å². The van der Waals surface area contributed by atoms with Gasteiger partial charge in [-0.05, 0) is 25.0 Å². The van der Waals surface area contributed by atoms with Gasteiger partial charge < -0.3 is 20.1 Å². The molecular weight excluding hydrogens is 383 g/mol. The van der Waals surface area contributed by atoms with Crippen molar-refractivity contribution in [1.29, 1.82) is 0 Å². The predicted octanol–water partition coefficient (Wildman–Crippen LogP) is 1.80. The van der Waals surface area contributed by atoms with Crippen LogP contribution in [0.2, 0.25) is 0 Å². The summed E-state index contributed by atoms with van der Waals surface area (Å²) >= 11 is 0. The molecule has 1 rings (SSSR count). The van der Waals surface area contributed by atoms with Gasteiger partial charge in [-0.3, -0.25) is 4.99 Å². The zero-order valence-corrected chi connectivity index (χ0v) is 15.2. The van der Waals surface area contributed by atoms with Crippen LogP contribution in [0, 0.1) is 0 Å². The third-order valence-corrected chi connectivity index (χ3v) is 2.59. The Morgan fingerprint density at radius 3 is 2.86 bits per heavy atom. The topological polar surface area (TPSA) is 67.8 Å². The Morgan fingerprint density at radius 2 is 2.19 bits per heavy atom. The van der Waals surface area contributed by atoms with Gasteiger partial charge in [0.15, 0.2) is 5.96 Å². The quantitative estimate of drug-likeness (QED) is 0.297. The van der Waals surface area contributed by atoms with Crippen LogP contribution in [0.25, 0.3) is 0 Å². The number of rotatable bonds is 8. The number of pyridine rings is 1. The van der Waals surface area contributed by atoms with Crippen LogP contribution in [-0.2, 0) is 11.3 Å². The van der Waals surface area contributed by atoms with Crippen LogP contribution < -0.4 is 15.4 Å². The fourth-order valence-electron chi connectivity index (χ4n) is 1.62. The SMILES string of the molecule is CCOc1cc(CNC(=NC)NCCCOC)ccn1.I. The fourth-order valence-corrected chi connectivity index (χ4v) is 1.62. The molecule has 1 heterocycles. The fraction of sp³-hybridized carbons (Fsp3) is 0.571. The Kier molecular flexibility index (Phi) is 12.0. The molecule has 0 spiro atoms. The van der Waals surface area contributed by atoms with Crippen LogP contribution in [0.4, 0.5) is 0 Å². The largest absolute Gasteiger partial charge is 0.478 e. The lowest BCUT2D eigenvalue weighted by Crippen LogP contribution is -2.37. The molecule has 1 aromatic rings. The molecule has 0 aromatic carbocycles. The molecule has 0 saturated heterocycles. The van der Waals surface area contributed by atoms with Crippen molar-refractivity contribution in [2.24, 2.45) is 4.99 Å². The second-order valence-corrected chi connectivity index (χ2v) is 4.13. The Morgan fingerprint density at radius 1 is 1.38 bits per heavy atom. The number of ether oxygens (including phenoxy) is 2. The maximum atomic E-state index is 5.37. The van der Waals surface area contributed by atoms with Crippen molar-refractivity contribution in [2.75, 3.05) is 33.9 Å². The van der Waals surface area contributed by atoms with Crippen molar-refractivity contribution < 1.29 is 9.47 Å². The number of halogens is 1. The second kappa shape index (κ2) is 12.6. The van der Waals surface area contributed by atoms with E-state index in [9.17, 15) is 0 Å². The van der Waals surface area contributed by atoms with Gasteiger partial charge in [0.1, 0.15) is 0 Å². The number of nitrogens with zero attached hydrogens (tertiary/aromatic N) is 2. The first-order valence-corrected chi connectivity index (χ1v) is 6.81. The van der Waals surface area contributed by atoms with E-state index in [0.29, 0.717) is 19.0 Å². The van der Waals surface area contributed by atoms with Crippen molar-refractivity contribution in [3.63, 3.8) is 0 Å². The van der Waals surface area contributed by atoms with Gasteiger partial charge in [0, 0.05) is 46.1 Å². The van der Waals surface area contributed by atoms with Crippen LogP contribution in [0.3, 0.4) is 0 Å². The molecule has 0 aliphatic heterocycles. The minimum Gasteiger partial charge on any atom is -0.478 e. The molecule has 0 aliphatic carbocycles. The van der Waals surface area contributed by atoms with Gasteiger partial charge in [0.25, 0.3) is 0 Å². The zero-order valence-electron chi connectivity index (χ0n) is 12.9.